The SMILES string of the molecule is CCC(N)c1nc(C(=O)NCc2cccc(Cl)c2)co1. The number of halogens is 1. The molecule has 1 heterocycles. The number of nitrogens with two attached hydrogens (primary N) is 1. The number of amides is 1. The largest absolute Gasteiger partial charge is 0.446 e. The Labute approximate surface area is 122 Å². The fourth-order valence-corrected chi connectivity index (χ4v) is 1.87. The Balaban J connectivity index is 1.96. The van der Waals surface area contributed by atoms with Crippen molar-refractivity contribution in [2.24, 2.45) is 5.73 Å². The third kappa shape index (κ3) is 3.59. The van der Waals surface area contributed by atoms with E-state index in [4.69, 9.17) is 21.8 Å². The van der Waals surface area contributed by atoms with Crippen LogP contribution in [0.25, 0.3) is 0 Å². The van der Waals surface area contributed by atoms with Gasteiger partial charge in [-0.05, 0) is 24.1 Å². The van der Waals surface area contributed by atoms with Crippen LogP contribution >= 0.6 is 11.6 Å². The van der Waals surface area contributed by atoms with Gasteiger partial charge < -0.3 is 15.5 Å². The van der Waals surface area contributed by atoms with Crippen LogP contribution in [0.3, 0.4) is 0 Å². The number of nitrogens with zero attached hydrogens (tertiary/aromatic N) is 1. The molecule has 0 bridgehead atoms. The van der Waals surface area contributed by atoms with Crippen LogP contribution in [0.1, 0.15) is 41.3 Å². The third-order valence-electron chi connectivity index (χ3n) is 2.85. The number of nitrogens with one attached hydrogen (secondary N) is 1. The molecule has 1 atom stereocenters. The lowest BCUT2D eigenvalue weighted by molar-refractivity contribution is 0.0946. The molecule has 1 aromatic carbocycles. The summed E-state index contributed by atoms with van der Waals surface area (Å²) in [6.07, 6.45) is 2.02. The van der Waals surface area contributed by atoms with Gasteiger partial charge in [0.05, 0.1) is 6.04 Å². The predicted molar refractivity (Wildman–Crippen MR) is 76.3 cm³/mol. The van der Waals surface area contributed by atoms with Gasteiger partial charge in [0.1, 0.15) is 6.26 Å². The minimum absolute atomic E-state index is 0.228. The van der Waals surface area contributed by atoms with Crippen LogP contribution in [0.15, 0.2) is 34.9 Å². The minimum Gasteiger partial charge on any atom is -0.446 e. The first kappa shape index (κ1) is 14.6. The summed E-state index contributed by atoms with van der Waals surface area (Å²) < 4.78 is 5.19. The van der Waals surface area contributed by atoms with Gasteiger partial charge in [0.2, 0.25) is 5.89 Å². The van der Waals surface area contributed by atoms with E-state index in [9.17, 15) is 4.79 Å². The summed E-state index contributed by atoms with van der Waals surface area (Å²) in [6.45, 7) is 2.30. The zero-order valence-electron chi connectivity index (χ0n) is 11.1. The highest BCUT2D eigenvalue weighted by atomic mass is 35.5. The Morgan fingerprint density at radius 3 is 3.05 bits per heavy atom. The number of benzene rings is 1. The Morgan fingerprint density at radius 1 is 1.55 bits per heavy atom. The summed E-state index contributed by atoms with van der Waals surface area (Å²) in [5.41, 5.74) is 6.93. The second kappa shape index (κ2) is 6.54. The molecule has 20 heavy (non-hydrogen) atoms. The standard InChI is InChI=1S/C14H16ClN3O2/c1-2-11(16)14-18-12(8-20-14)13(19)17-7-9-4-3-5-10(15)6-9/h3-6,8,11H,2,7,16H2,1H3,(H,17,19). The fraction of sp³-hybridized carbons (Fsp3) is 0.286. The molecule has 1 unspecified atom stereocenters. The molecule has 1 amide bonds. The Kier molecular flexibility index (Phi) is 4.76. The molecular formula is C14H16ClN3O2. The van der Waals surface area contributed by atoms with Crippen LogP contribution in [0, 0.1) is 0 Å². The molecule has 0 aliphatic rings. The Hall–Kier alpha value is -1.85. The average molecular weight is 294 g/mol. The second-order valence-electron chi connectivity index (χ2n) is 4.40. The molecule has 0 fully saturated rings. The number of oxazole rings is 1. The number of hydrogen-bond acceptors (Lipinski definition) is 4. The maximum Gasteiger partial charge on any atom is 0.273 e. The van der Waals surface area contributed by atoms with E-state index < -0.39 is 0 Å². The summed E-state index contributed by atoms with van der Waals surface area (Å²) in [7, 11) is 0. The van der Waals surface area contributed by atoms with Gasteiger partial charge in [0, 0.05) is 11.6 Å². The normalized spacial score (nSPS) is 12.2. The maximum absolute atomic E-state index is 11.9. The summed E-state index contributed by atoms with van der Waals surface area (Å²) >= 11 is 5.88. The van der Waals surface area contributed by atoms with E-state index >= 15 is 0 Å². The molecule has 5 nitrogen and oxygen atoms in total. The van der Waals surface area contributed by atoms with Gasteiger partial charge in [-0.2, -0.15) is 0 Å². The van der Waals surface area contributed by atoms with Gasteiger partial charge in [-0.3, -0.25) is 4.79 Å². The van der Waals surface area contributed by atoms with Crippen LogP contribution in [0.4, 0.5) is 0 Å². The van der Waals surface area contributed by atoms with Gasteiger partial charge in [0.15, 0.2) is 5.69 Å². The molecule has 3 N–H and O–H groups in total. The molecule has 0 aliphatic heterocycles. The van der Waals surface area contributed by atoms with E-state index in [1.807, 2.05) is 19.1 Å². The number of rotatable bonds is 5. The minimum atomic E-state index is -0.303. The van der Waals surface area contributed by atoms with E-state index in [0.29, 0.717) is 23.9 Å². The van der Waals surface area contributed by atoms with Crippen molar-refractivity contribution in [2.75, 3.05) is 0 Å². The molecule has 0 saturated heterocycles. The molecule has 6 heteroatoms. The van der Waals surface area contributed by atoms with E-state index in [2.05, 4.69) is 10.3 Å². The van der Waals surface area contributed by atoms with Crippen molar-refractivity contribution in [1.82, 2.24) is 10.3 Å². The summed E-state index contributed by atoms with van der Waals surface area (Å²) in [4.78, 5) is 16.0. The van der Waals surface area contributed by atoms with Crippen molar-refractivity contribution in [3.63, 3.8) is 0 Å². The van der Waals surface area contributed by atoms with Crippen LogP contribution in [-0.4, -0.2) is 10.9 Å². The summed E-state index contributed by atoms with van der Waals surface area (Å²) in [5, 5.41) is 3.39. The maximum atomic E-state index is 11.9. The Morgan fingerprint density at radius 2 is 2.35 bits per heavy atom. The van der Waals surface area contributed by atoms with Crippen LogP contribution in [0.5, 0.6) is 0 Å². The van der Waals surface area contributed by atoms with Gasteiger partial charge in [0.25, 0.3) is 5.91 Å². The first-order valence-electron chi connectivity index (χ1n) is 6.33. The molecule has 106 valence electrons. The topological polar surface area (TPSA) is 81.1 Å². The third-order valence-corrected chi connectivity index (χ3v) is 3.09. The Bertz CT molecular complexity index is 598. The summed E-state index contributed by atoms with van der Waals surface area (Å²) in [5.74, 6) is 0.0729. The molecule has 2 rings (SSSR count). The highest BCUT2D eigenvalue weighted by molar-refractivity contribution is 6.30. The first-order valence-corrected chi connectivity index (χ1v) is 6.71. The molecule has 1 aromatic heterocycles. The zero-order chi connectivity index (χ0) is 14.5. The van der Waals surface area contributed by atoms with E-state index in [1.165, 1.54) is 6.26 Å². The lowest BCUT2D eigenvalue weighted by atomic mass is 10.2. The van der Waals surface area contributed by atoms with Crippen LogP contribution < -0.4 is 11.1 Å². The highest BCUT2D eigenvalue weighted by Gasteiger charge is 2.15. The van der Waals surface area contributed by atoms with Gasteiger partial charge in [-0.15, -0.1) is 0 Å². The molecule has 0 radical (unpaired) electrons. The quantitative estimate of drug-likeness (QED) is 0.888. The van der Waals surface area contributed by atoms with Crippen molar-refractivity contribution in [2.45, 2.75) is 25.9 Å². The van der Waals surface area contributed by atoms with Crippen molar-refractivity contribution < 1.29 is 9.21 Å². The van der Waals surface area contributed by atoms with Gasteiger partial charge in [-0.1, -0.05) is 30.7 Å². The summed E-state index contributed by atoms with van der Waals surface area (Å²) in [6, 6.07) is 7.00. The smallest absolute Gasteiger partial charge is 0.273 e. The molecular weight excluding hydrogens is 278 g/mol. The second-order valence-corrected chi connectivity index (χ2v) is 4.83. The molecule has 0 aliphatic carbocycles. The van der Waals surface area contributed by atoms with Gasteiger partial charge >= 0.3 is 0 Å². The predicted octanol–water partition coefficient (Wildman–Crippen LogP) is 2.67. The first-order chi connectivity index (χ1) is 9.60. The van der Waals surface area contributed by atoms with Crippen LogP contribution in [0.2, 0.25) is 5.02 Å². The molecule has 0 spiro atoms. The number of hydrogen-bond donors (Lipinski definition) is 2. The highest BCUT2D eigenvalue weighted by Crippen LogP contribution is 2.13. The monoisotopic (exact) mass is 293 g/mol. The van der Waals surface area contributed by atoms with E-state index in [-0.39, 0.29) is 17.6 Å². The zero-order valence-corrected chi connectivity index (χ0v) is 11.9. The number of carbonyl (C=O) groups is 1. The number of aromatic nitrogens is 1. The van der Waals surface area contributed by atoms with Crippen molar-refractivity contribution >= 4 is 17.5 Å². The van der Waals surface area contributed by atoms with Crippen molar-refractivity contribution in [3.05, 3.63) is 52.7 Å². The van der Waals surface area contributed by atoms with E-state index in [0.717, 1.165) is 5.56 Å². The van der Waals surface area contributed by atoms with E-state index in [1.54, 1.807) is 12.1 Å². The average Bonchev–Trinajstić information content (AvgIpc) is 2.94. The number of carbonyl (C=O) groups excluding carboxylic acids is 1. The van der Waals surface area contributed by atoms with Crippen LogP contribution in [-0.2, 0) is 6.54 Å². The molecule has 2 aromatic rings. The molecule has 0 saturated carbocycles. The van der Waals surface area contributed by atoms with Gasteiger partial charge in [-0.25, -0.2) is 4.98 Å². The van der Waals surface area contributed by atoms with Crippen molar-refractivity contribution in [3.8, 4) is 0 Å². The lowest BCUT2D eigenvalue weighted by Gasteiger charge is -2.03. The lowest BCUT2D eigenvalue weighted by Crippen LogP contribution is -2.23. The fourth-order valence-electron chi connectivity index (χ4n) is 1.66. The van der Waals surface area contributed by atoms with Crippen molar-refractivity contribution in [1.29, 1.82) is 0 Å².